The Labute approximate surface area is 177 Å². The minimum atomic E-state index is -0.0169. The number of halogens is 1. The van der Waals surface area contributed by atoms with E-state index in [9.17, 15) is 4.79 Å². The van der Waals surface area contributed by atoms with Crippen LogP contribution >= 0.6 is 27.7 Å². The predicted molar refractivity (Wildman–Crippen MR) is 119 cm³/mol. The molecule has 28 heavy (non-hydrogen) atoms. The molecule has 3 rings (SSSR count). The molecule has 0 fully saturated rings. The average Bonchev–Trinajstić information content (AvgIpc) is 3.05. The highest BCUT2D eigenvalue weighted by Crippen LogP contribution is 2.24. The van der Waals surface area contributed by atoms with Crippen LogP contribution in [0.4, 0.5) is 5.69 Å². The first-order valence-electron chi connectivity index (χ1n) is 8.86. The third-order valence-corrected chi connectivity index (χ3v) is 5.29. The molecule has 0 bridgehead atoms. The molecule has 0 saturated carbocycles. The normalized spacial score (nSPS) is 10.6. The van der Waals surface area contributed by atoms with E-state index in [0.29, 0.717) is 23.9 Å². The largest absolute Gasteiger partial charge is 0.326 e. The van der Waals surface area contributed by atoms with E-state index >= 15 is 0 Å². The molecule has 3 aromatic rings. The van der Waals surface area contributed by atoms with Crippen LogP contribution < -0.4 is 5.32 Å². The molecule has 0 unspecified atom stereocenters. The molecule has 0 atom stereocenters. The molecule has 144 valence electrons. The molecule has 5 nitrogen and oxygen atoms in total. The highest BCUT2D eigenvalue weighted by molar-refractivity contribution is 9.10. The highest BCUT2D eigenvalue weighted by Gasteiger charge is 2.12. The lowest BCUT2D eigenvalue weighted by atomic mass is 10.2. The molecule has 1 aromatic heterocycles. The second-order valence-corrected chi connectivity index (χ2v) is 8.19. The number of rotatable bonds is 8. The van der Waals surface area contributed by atoms with Crippen LogP contribution in [-0.4, -0.2) is 26.4 Å². The van der Waals surface area contributed by atoms with Gasteiger partial charge in [0.2, 0.25) is 11.1 Å². The molecule has 0 saturated heterocycles. The number of nitrogens with one attached hydrogen (secondary N) is 1. The molecule has 2 aromatic carbocycles. The lowest BCUT2D eigenvalue weighted by Gasteiger charge is -2.05. The van der Waals surface area contributed by atoms with Crippen LogP contribution in [0.2, 0.25) is 0 Å². The van der Waals surface area contributed by atoms with E-state index in [2.05, 4.69) is 37.9 Å². The number of amides is 1. The Balaban J connectivity index is 1.61. The van der Waals surface area contributed by atoms with Gasteiger partial charge in [-0.25, -0.2) is 9.67 Å². The van der Waals surface area contributed by atoms with Gasteiger partial charge in [-0.2, -0.15) is 0 Å². The molecular formula is C21H21BrN4OS. The number of carbonyl (C=O) groups excluding carboxylic acids is 1. The topological polar surface area (TPSA) is 59.8 Å². The molecule has 0 spiro atoms. The fourth-order valence-corrected chi connectivity index (χ4v) is 3.67. The average molecular weight is 457 g/mol. The van der Waals surface area contributed by atoms with Crippen LogP contribution in [0.3, 0.4) is 0 Å². The first-order valence-corrected chi connectivity index (χ1v) is 10.6. The van der Waals surface area contributed by atoms with Gasteiger partial charge in [0, 0.05) is 27.9 Å². The molecule has 0 aliphatic rings. The summed E-state index contributed by atoms with van der Waals surface area (Å²) in [6.07, 6.45) is 2.18. The van der Waals surface area contributed by atoms with Crippen LogP contribution in [-0.2, 0) is 11.3 Å². The summed E-state index contributed by atoms with van der Waals surface area (Å²) in [5.74, 6) is 1.38. The summed E-state index contributed by atoms with van der Waals surface area (Å²) in [6, 6.07) is 15.7. The minimum absolute atomic E-state index is 0.0169. The monoisotopic (exact) mass is 456 g/mol. The summed E-state index contributed by atoms with van der Waals surface area (Å²) in [7, 11) is 0. The number of carbonyl (C=O) groups is 1. The number of aromatic nitrogens is 3. The van der Waals surface area contributed by atoms with Crippen LogP contribution in [0.25, 0.3) is 11.4 Å². The first kappa shape index (κ1) is 20.4. The van der Waals surface area contributed by atoms with E-state index in [0.717, 1.165) is 27.1 Å². The summed E-state index contributed by atoms with van der Waals surface area (Å²) in [4.78, 5) is 16.8. The zero-order chi connectivity index (χ0) is 19.9. The summed E-state index contributed by atoms with van der Waals surface area (Å²) < 4.78 is 2.84. The fourth-order valence-electron chi connectivity index (χ4n) is 2.63. The van der Waals surface area contributed by atoms with Crippen LogP contribution in [0.5, 0.6) is 0 Å². The maximum Gasteiger partial charge on any atom is 0.225 e. The second kappa shape index (κ2) is 9.71. The Bertz CT molecular complexity index is 969. The molecule has 1 N–H and O–H groups in total. The van der Waals surface area contributed by atoms with Gasteiger partial charge in [-0.05, 0) is 36.8 Å². The molecule has 1 amide bonds. The van der Waals surface area contributed by atoms with Gasteiger partial charge in [-0.15, -0.1) is 11.7 Å². The Morgan fingerprint density at radius 1 is 1.29 bits per heavy atom. The predicted octanol–water partition coefficient (Wildman–Crippen LogP) is 5.32. The van der Waals surface area contributed by atoms with Crippen LogP contribution in [0.1, 0.15) is 12.0 Å². The van der Waals surface area contributed by atoms with Gasteiger partial charge in [0.1, 0.15) is 0 Å². The SMILES string of the molecule is C=CCn1nc(SCCC(=O)Nc2cccc(C)c2)nc1-c1ccc(Br)cc1. The molecule has 1 heterocycles. The van der Waals surface area contributed by atoms with Crippen molar-refractivity contribution in [2.45, 2.75) is 25.0 Å². The van der Waals surface area contributed by atoms with Crippen molar-refractivity contribution in [3.63, 3.8) is 0 Å². The number of allylic oxidation sites excluding steroid dienone is 1. The van der Waals surface area contributed by atoms with E-state index in [-0.39, 0.29) is 5.91 Å². The van der Waals surface area contributed by atoms with Gasteiger partial charge < -0.3 is 5.32 Å². The summed E-state index contributed by atoms with van der Waals surface area (Å²) in [5.41, 5.74) is 2.92. The van der Waals surface area contributed by atoms with Crippen molar-refractivity contribution in [3.05, 3.63) is 71.2 Å². The second-order valence-electron chi connectivity index (χ2n) is 6.21. The summed E-state index contributed by atoms with van der Waals surface area (Å²) >= 11 is 4.92. The fraction of sp³-hybridized carbons (Fsp3) is 0.190. The van der Waals surface area contributed by atoms with Gasteiger partial charge in [0.15, 0.2) is 5.82 Å². The molecule has 0 radical (unpaired) electrons. The van der Waals surface area contributed by atoms with Gasteiger partial charge in [0.05, 0.1) is 6.54 Å². The third-order valence-electron chi connectivity index (χ3n) is 3.92. The standard InChI is InChI=1S/C21H21BrN4OS/c1-3-12-26-20(16-7-9-17(22)10-8-16)24-21(25-26)28-13-11-19(27)23-18-6-4-5-15(2)14-18/h3-10,14H,1,11-13H2,2H3,(H,23,27). The number of hydrogen-bond acceptors (Lipinski definition) is 4. The zero-order valence-electron chi connectivity index (χ0n) is 15.6. The van der Waals surface area contributed by atoms with Crippen molar-refractivity contribution in [3.8, 4) is 11.4 Å². The van der Waals surface area contributed by atoms with E-state index in [4.69, 9.17) is 0 Å². The van der Waals surface area contributed by atoms with Gasteiger partial charge in [-0.3, -0.25) is 4.79 Å². The quantitative estimate of drug-likeness (QED) is 0.367. The van der Waals surface area contributed by atoms with Crippen LogP contribution in [0, 0.1) is 6.92 Å². The Kier molecular flexibility index (Phi) is 7.06. The van der Waals surface area contributed by atoms with E-state index in [1.165, 1.54) is 11.8 Å². The molecular weight excluding hydrogens is 436 g/mol. The number of anilines is 1. The van der Waals surface area contributed by atoms with Crippen molar-refractivity contribution in [2.75, 3.05) is 11.1 Å². The lowest BCUT2D eigenvalue weighted by Crippen LogP contribution is -2.12. The molecule has 7 heteroatoms. The molecule has 0 aliphatic heterocycles. The van der Waals surface area contributed by atoms with E-state index in [1.807, 2.05) is 60.1 Å². The molecule has 0 aliphatic carbocycles. The number of nitrogens with zero attached hydrogens (tertiary/aromatic N) is 3. The lowest BCUT2D eigenvalue weighted by molar-refractivity contribution is -0.115. The van der Waals surface area contributed by atoms with Gasteiger partial charge >= 0.3 is 0 Å². The van der Waals surface area contributed by atoms with E-state index in [1.54, 1.807) is 6.08 Å². The van der Waals surface area contributed by atoms with Gasteiger partial charge in [-0.1, -0.05) is 58.0 Å². The van der Waals surface area contributed by atoms with Crippen LogP contribution in [0.15, 0.2) is 70.8 Å². The van der Waals surface area contributed by atoms with Crippen molar-refractivity contribution in [2.24, 2.45) is 0 Å². The van der Waals surface area contributed by atoms with Crippen molar-refractivity contribution in [1.29, 1.82) is 0 Å². The minimum Gasteiger partial charge on any atom is -0.326 e. The Hall–Kier alpha value is -2.38. The van der Waals surface area contributed by atoms with E-state index < -0.39 is 0 Å². The summed E-state index contributed by atoms with van der Waals surface area (Å²) in [5, 5.41) is 8.12. The number of aryl methyl sites for hydroxylation is 1. The number of thioether (sulfide) groups is 1. The third kappa shape index (κ3) is 5.56. The summed E-state index contributed by atoms with van der Waals surface area (Å²) in [6.45, 7) is 6.37. The van der Waals surface area contributed by atoms with Crippen molar-refractivity contribution in [1.82, 2.24) is 14.8 Å². The highest BCUT2D eigenvalue weighted by atomic mass is 79.9. The zero-order valence-corrected chi connectivity index (χ0v) is 18.0. The maximum absolute atomic E-state index is 12.2. The first-order chi connectivity index (χ1) is 13.5. The number of benzene rings is 2. The smallest absolute Gasteiger partial charge is 0.225 e. The van der Waals surface area contributed by atoms with Crippen molar-refractivity contribution < 1.29 is 4.79 Å². The number of hydrogen-bond donors (Lipinski definition) is 1. The maximum atomic E-state index is 12.2. The Morgan fingerprint density at radius 2 is 2.07 bits per heavy atom. The van der Waals surface area contributed by atoms with Crippen molar-refractivity contribution >= 4 is 39.3 Å². The van der Waals surface area contributed by atoms with Gasteiger partial charge in [0.25, 0.3) is 0 Å². The Morgan fingerprint density at radius 3 is 2.79 bits per heavy atom.